The second kappa shape index (κ2) is 5.17. The molecule has 0 aliphatic carbocycles. The van der Waals surface area contributed by atoms with Crippen molar-refractivity contribution in [2.75, 3.05) is 4.72 Å². The number of hydrogen-bond acceptors (Lipinski definition) is 3. The Morgan fingerprint density at radius 1 is 1.27 bits per heavy atom. The minimum absolute atomic E-state index is 0.211. The Morgan fingerprint density at radius 2 is 2.05 bits per heavy atom. The highest BCUT2D eigenvalue weighted by Crippen LogP contribution is 2.23. The van der Waals surface area contributed by atoms with Gasteiger partial charge in [0, 0.05) is 36.4 Å². The summed E-state index contributed by atoms with van der Waals surface area (Å²) in [6.07, 6.45) is 3.33. The number of sulfonamides is 1. The van der Waals surface area contributed by atoms with E-state index in [1.54, 1.807) is 17.7 Å². The standard InChI is InChI=1S/C15H18N4O2S/c1-4-19-11(2)15(10-16-19)22(20,21)17-13-5-6-14-12(9-13)7-8-18(14)3/h5-10,17H,4H2,1-3H3. The van der Waals surface area contributed by atoms with Gasteiger partial charge in [-0.25, -0.2) is 8.42 Å². The monoisotopic (exact) mass is 318 g/mol. The lowest BCUT2D eigenvalue weighted by atomic mass is 10.2. The smallest absolute Gasteiger partial charge is 0.265 e. The third-order valence-electron chi connectivity index (χ3n) is 3.78. The lowest BCUT2D eigenvalue weighted by molar-refractivity contribution is 0.598. The van der Waals surface area contributed by atoms with E-state index in [0.717, 1.165) is 10.9 Å². The first-order valence-electron chi connectivity index (χ1n) is 7.02. The highest BCUT2D eigenvalue weighted by atomic mass is 32.2. The van der Waals surface area contributed by atoms with Gasteiger partial charge in [0.05, 0.1) is 11.9 Å². The van der Waals surface area contributed by atoms with Crippen molar-refractivity contribution >= 4 is 26.6 Å². The van der Waals surface area contributed by atoms with E-state index in [4.69, 9.17) is 0 Å². The van der Waals surface area contributed by atoms with Crippen LogP contribution in [0, 0.1) is 6.92 Å². The van der Waals surface area contributed by atoms with Gasteiger partial charge < -0.3 is 4.57 Å². The van der Waals surface area contributed by atoms with Crippen molar-refractivity contribution in [3.8, 4) is 0 Å². The summed E-state index contributed by atoms with van der Waals surface area (Å²) in [6, 6.07) is 7.44. The van der Waals surface area contributed by atoms with Crippen LogP contribution < -0.4 is 4.72 Å². The molecule has 2 heterocycles. The van der Waals surface area contributed by atoms with Gasteiger partial charge in [0.25, 0.3) is 10.0 Å². The van der Waals surface area contributed by atoms with Crippen molar-refractivity contribution in [2.45, 2.75) is 25.3 Å². The minimum Gasteiger partial charge on any atom is -0.351 e. The van der Waals surface area contributed by atoms with Gasteiger partial charge >= 0.3 is 0 Å². The van der Waals surface area contributed by atoms with Gasteiger partial charge in [0.1, 0.15) is 4.90 Å². The van der Waals surface area contributed by atoms with Gasteiger partial charge in [-0.2, -0.15) is 5.10 Å². The van der Waals surface area contributed by atoms with Gasteiger partial charge in [-0.1, -0.05) is 0 Å². The molecule has 0 saturated heterocycles. The molecule has 22 heavy (non-hydrogen) atoms. The minimum atomic E-state index is -3.64. The van der Waals surface area contributed by atoms with Gasteiger partial charge in [-0.05, 0) is 38.1 Å². The van der Waals surface area contributed by atoms with Crippen molar-refractivity contribution in [2.24, 2.45) is 7.05 Å². The summed E-state index contributed by atoms with van der Waals surface area (Å²) in [5.74, 6) is 0. The predicted molar refractivity (Wildman–Crippen MR) is 86.4 cm³/mol. The molecule has 2 aromatic heterocycles. The number of anilines is 1. The van der Waals surface area contributed by atoms with Gasteiger partial charge in [0.15, 0.2) is 0 Å². The second-order valence-electron chi connectivity index (χ2n) is 5.22. The summed E-state index contributed by atoms with van der Waals surface area (Å²) in [5.41, 5.74) is 2.23. The van der Waals surface area contributed by atoms with Crippen LogP contribution >= 0.6 is 0 Å². The van der Waals surface area contributed by atoms with Crippen LogP contribution in [0.25, 0.3) is 10.9 Å². The number of fused-ring (bicyclic) bond motifs is 1. The maximum absolute atomic E-state index is 12.5. The lowest BCUT2D eigenvalue weighted by Gasteiger charge is -2.08. The number of aryl methyl sites for hydroxylation is 2. The molecule has 0 amide bonds. The number of nitrogens with zero attached hydrogens (tertiary/aromatic N) is 3. The third kappa shape index (κ3) is 2.37. The van der Waals surface area contributed by atoms with E-state index >= 15 is 0 Å². The summed E-state index contributed by atoms with van der Waals surface area (Å²) in [6.45, 7) is 4.32. The van der Waals surface area contributed by atoms with Crippen LogP contribution in [-0.2, 0) is 23.6 Å². The van der Waals surface area contributed by atoms with Crippen LogP contribution in [0.5, 0.6) is 0 Å². The topological polar surface area (TPSA) is 68.9 Å². The number of benzene rings is 1. The number of aromatic nitrogens is 3. The van der Waals surface area contributed by atoms with E-state index in [1.165, 1.54) is 6.20 Å². The largest absolute Gasteiger partial charge is 0.351 e. The molecule has 0 spiro atoms. The highest BCUT2D eigenvalue weighted by Gasteiger charge is 2.20. The van der Waals surface area contributed by atoms with Crippen molar-refractivity contribution in [1.29, 1.82) is 0 Å². The zero-order chi connectivity index (χ0) is 15.9. The fraction of sp³-hybridized carbons (Fsp3) is 0.267. The molecule has 0 radical (unpaired) electrons. The maximum atomic E-state index is 12.5. The molecule has 116 valence electrons. The summed E-state index contributed by atoms with van der Waals surface area (Å²) in [4.78, 5) is 0.211. The van der Waals surface area contributed by atoms with Crippen molar-refractivity contribution in [3.05, 3.63) is 42.4 Å². The van der Waals surface area contributed by atoms with Gasteiger partial charge in [-0.3, -0.25) is 9.40 Å². The quantitative estimate of drug-likeness (QED) is 0.803. The van der Waals surface area contributed by atoms with Crippen molar-refractivity contribution < 1.29 is 8.42 Å². The predicted octanol–water partition coefficient (Wildman–Crippen LogP) is 2.50. The molecule has 0 unspecified atom stereocenters. The first-order valence-corrected chi connectivity index (χ1v) is 8.51. The van der Waals surface area contributed by atoms with E-state index in [9.17, 15) is 8.42 Å². The fourth-order valence-electron chi connectivity index (χ4n) is 2.57. The highest BCUT2D eigenvalue weighted by molar-refractivity contribution is 7.92. The number of rotatable bonds is 4. The Hall–Kier alpha value is -2.28. The molecule has 0 saturated carbocycles. The fourth-order valence-corrected chi connectivity index (χ4v) is 3.79. The molecule has 0 atom stereocenters. The molecule has 1 N–H and O–H groups in total. The average Bonchev–Trinajstić information content (AvgIpc) is 3.02. The zero-order valence-corrected chi connectivity index (χ0v) is 13.6. The average molecular weight is 318 g/mol. The lowest BCUT2D eigenvalue weighted by Crippen LogP contribution is -2.14. The Balaban J connectivity index is 1.97. The van der Waals surface area contributed by atoms with Crippen LogP contribution in [0.2, 0.25) is 0 Å². The van der Waals surface area contributed by atoms with Gasteiger partial charge in [-0.15, -0.1) is 0 Å². The van der Waals surface area contributed by atoms with Crippen LogP contribution in [0.4, 0.5) is 5.69 Å². The zero-order valence-electron chi connectivity index (χ0n) is 12.7. The Bertz CT molecular complexity index is 938. The van der Waals surface area contributed by atoms with Crippen LogP contribution in [0.1, 0.15) is 12.6 Å². The molecule has 0 aliphatic rings. The van der Waals surface area contributed by atoms with E-state index in [2.05, 4.69) is 9.82 Å². The van der Waals surface area contributed by atoms with Gasteiger partial charge in [0.2, 0.25) is 0 Å². The first kappa shape index (κ1) is 14.6. The van der Waals surface area contributed by atoms with E-state index < -0.39 is 10.0 Å². The molecule has 0 aliphatic heterocycles. The summed E-state index contributed by atoms with van der Waals surface area (Å²) in [5, 5.41) is 5.08. The van der Waals surface area contributed by atoms with E-state index in [-0.39, 0.29) is 4.90 Å². The molecule has 0 fully saturated rings. The number of hydrogen-bond donors (Lipinski definition) is 1. The van der Waals surface area contributed by atoms with Crippen LogP contribution in [0.3, 0.4) is 0 Å². The van der Waals surface area contributed by atoms with Crippen molar-refractivity contribution in [3.63, 3.8) is 0 Å². The second-order valence-corrected chi connectivity index (χ2v) is 6.87. The SMILES string of the molecule is CCn1ncc(S(=O)(=O)Nc2ccc3c(ccn3C)c2)c1C. The molecule has 6 nitrogen and oxygen atoms in total. The molecular weight excluding hydrogens is 300 g/mol. The molecule has 3 rings (SSSR count). The normalized spacial score (nSPS) is 12.0. The third-order valence-corrected chi connectivity index (χ3v) is 5.27. The molecular formula is C15H18N4O2S. The molecule has 3 aromatic rings. The maximum Gasteiger partial charge on any atom is 0.265 e. The van der Waals surface area contributed by atoms with E-state index in [1.807, 2.05) is 42.9 Å². The molecule has 0 bridgehead atoms. The summed E-state index contributed by atoms with van der Waals surface area (Å²) < 4.78 is 31.3. The number of nitrogens with one attached hydrogen (secondary N) is 1. The van der Waals surface area contributed by atoms with Crippen LogP contribution in [0.15, 0.2) is 41.6 Å². The first-order chi connectivity index (χ1) is 10.4. The molecule has 7 heteroatoms. The Labute approximate surface area is 129 Å². The Morgan fingerprint density at radius 3 is 2.73 bits per heavy atom. The van der Waals surface area contributed by atoms with Crippen molar-refractivity contribution in [1.82, 2.24) is 14.3 Å². The summed E-state index contributed by atoms with van der Waals surface area (Å²) >= 11 is 0. The summed E-state index contributed by atoms with van der Waals surface area (Å²) in [7, 11) is -1.68. The Kier molecular flexibility index (Phi) is 3.44. The van der Waals surface area contributed by atoms with Crippen LogP contribution in [-0.4, -0.2) is 22.8 Å². The van der Waals surface area contributed by atoms with E-state index in [0.29, 0.717) is 17.9 Å². The molecule has 1 aromatic carbocycles.